The van der Waals surface area contributed by atoms with Crippen LogP contribution in [-0.2, 0) is 13.1 Å². The van der Waals surface area contributed by atoms with Gasteiger partial charge in [0.15, 0.2) is 17.3 Å². The van der Waals surface area contributed by atoms with Crippen LogP contribution in [0.1, 0.15) is 64.5 Å². The Balaban J connectivity index is 1.24. The van der Waals surface area contributed by atoms with Crippen molar-refractivity contribution in [1.82, 2.24) is 29.5 Å². The van der Waals surface area contributed by atoms with E-state index in [1.807, 2.05) is 9.80 Å². The van der Waals surface area contributed by atoms with Gasteiger partial charge in [-0.2, -0.15) is 25.6 Å². The first kappa shape index (κ1) is 32.6. The minimum Gasteiger partial charge on any atom is -0.461 e. The largest absolute Gasteiger partial charge is 0.461 e. The fourth-order valence-corrected chi connectivity index (χ4v) is 9.05. The summed E-state index contributed by atoms with van der Waals surface area (Å²) in [6.45, 7) is 3.64. The van der Waals surface area contributed by atoms with Gasteiger partial charge < -0.3 is 25.2 Å². The number of alkyl halides is 1. The molecule has 4 aliphatic rings. The lowest BCUT2D eigenvalue weighted by molar-refractivity contribution is 0.0821. The molecule has 0 bridgehead atoms. The molecule has 0 aliphatic carbocycles. The second-order valence-electron chi connectivity index (χ2n) is 13.1. The van der Waals surface area contributed by atoms with E-state index in [1.165, 1.54) is 16.2 Å². The Kier molecular flexibility index (Phi) is 8.52. The van der Waals surface area contributed by atoms with Crippen molar-refractivity contribution < 1.29 is 13.9 Å². The number of nitriles is 2. The van der Waals surface area contributed by atoms with Crippen LogP contribution in [0.2, 0.25) is 9.36 Å². The smallest absolute Gasteiger partial charge is 0.320 e. The van der Waals surface area contributed by atoms with Crippen molar-refractivity contribution >= 4 is 57.1 Å². The summed E-state index contributed by atoms with van der Waals surface area (Å²) >= 11 is 14.4. The third kappa shape index (κ3) is 5.47. The lowest BCUT2D eigenvalue weighted by atomic mass is 9.90. The highest BCUT2D eigenvalue weighted by molar-refractivity contribution is 7.20. The fraction of sp³-hybridized carbons (Fsp3) is 0.548. The maximum Gasteiger partial charge on any atom is 0.320 e. The maximum atomic E-state index is 14.5. The van der Waals surface area contributed by atoms with Crippen molar-refractivity contribution in [2.75, 3.05) is 69.0 Å². The molecule has 17 heteroatoms. The van der Waals surface area contributed by atoms with Gasteiger partial charge in [-0.05, 0) is 25.8 Å². The summed E-state index contributed by atoms with van der Waals surface area (Å²) in [5.41, 5.74) is 7.81. The molecule has 0 unspecified atom stereocenters. The number of fused-ring (bicyclic) bond motifs is 2. The summed E-state index contributed by atoms with van der Waals surface area (Å²) in [5.74, 6) is 0.389. The molecule has 4 aliphatic heterocycles. The number of hydrogen-bond donors (Lipinski definition) is 1. The molecule has 1 amide bonds. The molecule has 0 spiro atoms. The number of rotatable bonds is 7. The predicted octanol–water partition coefficient (Wildman–Crippen LogP) is 4.04. The quantitative estimate of drug-likeness (QED) is 0.377. The zero-order valence-electron chi connectivity index (χ0n) is 26.5. The summed E-state index contributed by atoms with van der Waals surface area (Å²) < 4.78 is 23.1. The van der Waals surface area contributed by atoms with E-state index in [-0.39, 0.29) is 47.3 Å². The molecule has 3 saturated heterocycles. The van der Waals surface area contributed by atoms with Gasteiger partial charge in [0, 0.05) is 64.7 Å². The molecule has 252 valence electrons. The highest BCUT2D eigenvalue weighted by Gasteiger charge is 2.49. The molecule has 3 aromatic rings. The van der Waals surface area contributed by atoms with Gasteiger partial charge in [0.2, 0.25) is 0 Å². The third-order valence-electron chi connectivity index (χ3n) is 9.86. The molecule has 0 radical (unpaired) electrons. The first-order valence-electron chi connectivity index (χ1n) is 15.8. The number of ether oxygens (including phenoxy) is 1. The molecular formula is C31H34Cl2FN11O2S. The van der Waals surface area contributed by atoms with E-state index >= 15 is 0 Å². The van der Waals surface area contributed by atoms with Crippen LogP contribution in [0, 0.1) is 22.7 Å². The number of thiophene rings is 1. The fourth-order valence-electron chi connectivity index (χ4n) is 7.45. The molecule has 2 atom stereocenters. The summed E-state index contributed by atoms with van der Waals surface area (Å²) in [6, 6.07) is 4.60. The number of amides is 1. The molecule has 0 aromatic carbocycles. The van der Waals surface area contributed by atoms with E-state index in [2.05, 4.69) is 22.1 Å². The first-order chi connectivity index (χ1) is 23.0. The minimum atomic E-state index is -0.910. The number of carbonyl (C=O) groups excluding carboxylic acids is 1. The van der Waals surface area contributed by atoms with Gasteiger partial charge in [-0.25, -0.2) is 4.39 Å². The Morgan fingerprint density at radius 1 is 1.10 bits per heavy atom. The van der Waals surface area contributed by atoms with Crippen molar-refractivity contribution in [3.63, 3.8) is 0 Å². The molecule has 0 saturated carbocycles. The zero-order chi connectivity index (χ0) is 33.9. The Morgan fingerprint density at radius 3 is 2.54 bits per heavy atom. The average Bonchev–Trinajstić information content (AvgIpc) is 3.68. The van der Waals surface area contributed by atoms with Crippen LogP contribution < -0.4 is 20.3 Å². The summed E-state index contributed by atoms with van der Waals surface area (Å²) in [4.78, 5) is 29.8. The monoisotopic (exact) mass is 713 g/mol. The predicted molar refractivity (Wildman–Crippen MR) is 180 cm³/mol. The molecule has 7 rings (SSSR count). The Labute approximate surface area is 291 Å². The van der Waals surface area contributed by atoms with Crippen LogP contribution in [0.5, 0.6) is 6.01 Å². The lowest BCUT2D eigenvalue weighted by Crippen LogP contribution is -2.46. The van der Waals surface area contributed by atoms with Crippen LogP contribution in [0.3, 0.4) is 0 Å². The van der Waals surface area contributed by atoms with E-state index in [0.717, 1.165) is 19.4 Å². The number of halogens is 3. The number of nitrogen functional groups attached to an aromatic ring is 1. The molecule has 2 N–H and O–H groups in total. The van der Waals surface area contributed by atoms with Gasteiger partial charge in [-0.3, -0.25) is 14.4 Å². The highest BCUT2D eigenvalue weighted by Crippen LogP contribution is 2.45. The molecule has 48 heavy (non-hydrogen) atoms. The van der Waals surface area contributed by atoms with Gasteiger partial charge in [-0.15, -0.1) is 11.3 Å². The van der Waals surface area contributed by atoms with E-state index in [1.54, 1.807) is 18.8 Å². The second-order valence-corrected chi connectivity index (χ2v) is 15.1. The number of aromatic nitrogens is 4. The number of carbonyl (C=O) groups is 1. The van der Waals surface area contributed by atoms with Crippen LogP contribution >= 0.6 is 34.5 Å². The SMILES string of the molecule is CN(C)C(=O)c1nn2c(c1Cl)CN(c1nc(OC[C@@]34CCCN3C[C@H](F)C4)nc(N3CC(c4c(Cl)sc(N)c4C#N)C3)c1C#N)CCC2. The van der Waals surface area contributed by atoms with E-state index in [4.69, 9.17) is 43.6 Å². The number of nitrogens with zero attached hydrogens (tertiary/aromatic N) is 10. The minimum absolute atomic E-state index is 0.0834. The maximum absolute atomic E-state index is 14.5. The zero-order valence-corrected chi connectivity index (χ0v) is 28.9. The normalized spacial score (nSPS) is 22.4. The van der Waals surface area contributed by atoms with Crippen molar-refractivity contribution in [2.45, 2.75) is 56.4 Å². The molecule has 3 aromatic heterocycles. The molecular weight excluding hydrogens is 680 g/mol. The number of anilines is 3. The number of hydrogen-bond acceptors (Lipinski definition) is 12. The topological polar surface area (TPSA) is 156 Å². The number of aryl methyl sites for hydroxylation is 1. The van der Waals surface area contributed by atoms with Gasteiger partial charge in [-0.1, -0.05) is 23.2 Å². The summed E-state index contributed by atoms with van der Waals surface area (Å²) in [7, 11) is 3.29. The van der Waals surface area contributed by atoms with Crippen molar-refractivity contribution in [3.05, 3.63) is 37.4 Å². The van der Waals surface area contributed by atoms with Crippen LogP contribution in [0.25, 0.3) is 0 Å². The highest BCUT2D eigenvalue weighted by atomic mass is 35.5. The summed E-state index contributed by atoms with van der Waals surface area (Å²) in [5, 5.41) is 25.4. The van der Waals surface area contributed by atoms with Crippen molar-refractivity contribution in [2.24, 2.45) is 0 Å². The standard InChI is InChI=1S/C31H34Cl2FN11O2S/c1-41(2)29(46)24-23(32)21-15-42(6-4-8-45(21)40-24)27-20(11-36)28(43-12-17(13-43)22-19(10-35)26(37)48-25(22)33)39-30(38-27)47-16-31-5-3-7-44(31)14-18(34)9-31/h17-18H,3-9,12-16,37H2,1-2H3/t18-,31+/m1/s1. The Bertz CT molecular complexity index is 1860. The molecule has 13 nitrogen and oxygen atoms in total. The Morgan fingerprint density at radius 2 is 1.83 bits per heavy atom. The summed E-state index contributed by atoms with van der Waals surface area (Å²) in [6.07, 6.45) is 1.93. The van der Waals surface area contributed by atoms with E-state index in [0.29, 0.717) is 83.4 Å². The van der Waals surface area contributed by atoms with Gasteiger partial charge in [0.1, 0.15) is 35.5 Å². The van der Waals surface area contributed by atoms with E-state index < -0.39 is 11.7 Å². The average molecular weight is 715 g/mol. The van der Waals surface area contributed by atoms with Crippen LogP contribution in [-0.4, -0.2) is 101 Å². The van der Waals surface area contributed by atoms with Gasteiger partial charge in [0.05, 0.1) is 32.7 Å². The third-order valence-corrected chi connectivity index (χ3v) is 11.5. The van der Waals surface area contributed by atoms with Crippen molar-refractivity contribution in [1.29, 1.82) is 10.5 Å². The Hall–Kier alpha value is -3.89. The lowest BCUT2D eigenvalue weighted by Gasteiger charge is -2.41. The number of nitrogens with two attached hydrogens (primary N) is 1. The van der Waals surface area contributed by atoms with Gasteiger partial charge in [0.25, 0.3) is 5.91 Å². The molecule has 3 fully saturated rings. The van der Waals surface area contributed by atoms with Gasteiger partial charge >= 0.3 is 6.01 Å². The first-order valence-corrected chi connectivity index (χ1v) is 17.4. The second kappa shape index (κ2) is 12.5. The molecule has 7 heterocycles. The van der Waals surface area contributed by atoms with Crippen LogP contribution in [0.15, 0.2) is 0 Å². The van der Waals surface area contributed by atoms with Crippen molar-refractivity contribution in [3.8, 4) is 18.1 Å². The van der Waals surface area contributed by atoms with E-state index in [9.17, 15) is 19.7 Å². The van der Waals surface area contributed by atoms with Crippen LogP contribution in [0.4, 0.5) is 21.0 Å².